The predicted molar refractivity (Wildman–Crippen MR) is 115 cm³/mol. The summed E-state index contributed by atoms with van der Waals surface area (Å²) in [6.07, 6.45) is 1.35. The van der Waals surface area contributed by atoms with Gasteiger partial charge in [-0.05, 0) is 36.4 Å². The number of benzene rings is 2. The van der Waals surface area contributed by atoms with Crippen LogP contribution in [-0.4, -0.2) is 21.9 Å². The number of amides is 3. The highest BCUT2D eigenvalue weighted by molar-refractivity contribution is 7.17. The van der Waals surface area contributed by atoms with Crippen LogP contribution in [-0.2, 0) is 0 Å². The van der Waals surface area contributed by atoms with Gasteiger partial charge in [-0.15, -0.1) is 11.3 Å². The molecule has 0 spiro atoms. The summed E-state index contributed by atoms with van der Waals surface area (Å²) in [6.45, 7) is 0. The fourth-order valence-corrected chi connectivity index (χ4v) is 3.69. The second-order valence-electron chi connectivity index (χ2n) is 6.21. The molecule has 3 amide bonds. The van der Waals surface area contributed by atoms with Gasteiger partial charge in [0.15, 0.2) is 0 Å². The Morgan fingerprint density at radius 2 is 1.60 bits per heavy atom. The van der Waals surface area contributed by atoms with Crippen molar-refractivity contribution in [1.82, 2.24) is 9.97 Å². The average Bonchev–Trinajstić information content (AvgIpc) is 3.14. The summed E-state index contributed by atoms with van der Waals surface area (Å²) in [6, 6.07) is 11.6. The Balaban J connectivity index is 1.46. The molecular formula is C20H15FN6O2S. The van der Waals surface area contributed by atoms with Crippen LogP contribution in [0.2, 0.25) is 0 Å². The summed E-state index contributed by atoms with van der Waals surface area (Å²) < 4.78 is 13.2. The van der Waals surface area contributed by atoms with Crippen LogP contribution < -0.4 is 21.7 Å². The molecule has 0 radical (unpaired) electrons. The molecule has 0 aliphatic rings. The third kappa shape index (κ3) is 4.18. The molecule has 2 aromatic heterocycles. The number of nitrogens with one attached hydrogen (secondary N) is 3. The second-order valence-corrected chi connectivity index (χ2v) is 7.07. The number of hydrogen-bond acceptors (Lipinski definition) is 6. The molecule has 8 nitrogen and oxygen atoms in total. The molecule has 150 valence electrons. The Morgan fingerprint density at radius 3 is 2.33 bits per heavy atom. The van der Waals surface area contributed by atoms with E-state index in [1.54, 1.807) is 35.7 Å². The maximum Gasteiger partial charge on any atom is 0.323 e. The van der Waals surface area contributed by atoms with Gasteiger partial charge in [0, 0.05) is 22.4 Å². The molecule has 0 saturated heterocycles. The summed E-state index contributed by atoms with van der Waals surface area (Å²) in [5, 5.41) is 10.1. The Kier molecular flexibility index (Phi) is 5.22. The van der Waals surface area contributed by atoms with Gasteiger partial charge in [-0.2, -0.15) is 0 Å². The number of carbonyl (C=O) groups excluding carboxylic acids is 2. The molecule has 10 heteroatoms. The number of nitrogens with zero attached hydrogens (tertiary/aromatic N) is 2. The highest BCUT2D eigenvalue weighted by Crippen LogP contribution is 2.28. The van der Waals surface area contributed by atoms with Crippen molar-refractivity contribution in [2.24, 2.45) is 0 Å². The molecular weight excluding hydrogens is 407 g/mol. The van der Waals surface area contributed by atoms with Gasteiger partial charge in [-0.1, -0.05) is 12.1 Å². The van der Waals surface area contributed by atoms with Crippen molar-refractivity contribution >= 4 is 56.4 Å². The molecule has 2 aromatic carbocycles. The minimum absolute atomic E-state index is 0.232. The zero-order valence-electron chi connectivity index (χ0n) is 15.3. The lowest BCUT2D eigenvalue weighted by Crippen LogP contribution is -2.19. The SMILES string of the molecule is Nc1ncnc2scc(C(=O)Nc3cccc(NC(=O)Nc4cccc(F)c4)c3)c12. The number of hydrogen-bond donors (Lipinski definition) is 4. The van der Waals surface area contributed by atoms with E-state index in [0.717, 1.165) is 0 Å². The van der Waals surface area contributed by atoms with E-state index in [-0.39, 0.29) is 11.7 Å². The molecule has 0 atom stereocenters. The van der Waals surface area contributed by atoms with Crippen molar-refractivity contribution in [3.05, 3.63) is 71.6 Å². The van der Waals surface area contributed by atoms with Crippen molar-refractivity contribution in [2.45, 2.75) is 0 Å². The lowest BCUT2D eigenvalue weighted by molar-refractivity contribution is 0.102. The van der Waals surface area contributed by atoms with E-state index >= 15 is 0 Å². The first-order valence-corrected chi connectivity index (χ1v) is 9.60. The highest BCUT2D eigenvalue weighted by Gasteiger charge is 2.16. The smallest absolute Gasteiger partial charge is 0.323 e. The molecule has 2 heterocycles. The van der Waals surface area contributed by atoms with Crippen molar-refractivity contribution in [2.75, 3.05) is 21.7 Å². The zero-order chi connectivity index (χ0) is 21.1. The third-order valence-corrected chi connectivity index (χ3v) is 4.99. The molecule has 0 fully saturated rings. The largest absolute Gasteiger partial charge is 0.383 e. The molecule has 0 saturated carbocycles. The van der Waals surface area contributed by atoms with Gasteiger partial charge < -0.3 is 21.7 Å². The number of nitrogens with two attached hydrogens (primary N) is 1. The first-order valence-electron chi connectivity index (χ1n) is 8.72. The van der Waals surface area contributed by atoms with Crippen molar-refractivity contribution < 1.29 is 14.0 Å². The highest BCUT2D eigenvalue weighted by atomic mass is 32.1. The summed E-state index contributed by atoms with van der Waals surface area (Å²) in [4.78, 5) is 33.5. The summed E-state index contributed by atoms with van der Waals surface area (Å²) in [5.74, 6) is -0.593. The number of fused-ring (bicyclic) bond motifs is 1. The molecule has 0 aliphatic carbocycles. The standard InChI is InChI=1S/C20H15FN6O2S/c21-11-3-1-4-12(7-11)26-20(29)27-14-6-2-5-13(8-14)25-18(28)15-9-30-19-16(15)17(22)23-10-24-19/h1-10H,(H,25,28)(H2,22,23,24)(H2,26,27,29). The molecule has 30 heavy (non-hydrogen) atoms. The van der Waals surface area contributed by atoms with Gasteiger partial charge >= 0.3 is 6.03 Å². The minimum atomic E-state index is -0.544. The summed E-state index contributed by atoms with van der Waals surface area (Å²) in [5.41, 5.74) is 7.49. The summed E-state index contributed by atoms with van der Waals surface area (Å²) in [7, 11) is 0. The molecule has 0 aliphatic heterocycles. The maximum atomic E-state index is 13.2. The van der Waals surface area contributed by atoms with Crippen LogP contribution in [0.15, 0.2) is 60.2 Å². The van der Waals surface area contributed by atoms with Crippen LogP contribution in [0.1, 0.15) is 10.4 Å². The Morgan fingerprint density at radius 1 is 0.933 bits per heavy atom. The number of anilines is 4. The fraction of sp³-hybridized carbons (Fsp3) is 0. The van der Waals surface area contributed by atoms with E-state index in [1.165, 1.54) is 35.9 Å². The van der Waals surface area contributed by atoms with Gasteiger partial charge in [0.25, 0.3) is 5.91 Å². The Bertz CT molecular complexity index is 1260. The first kappa shape index (κ1) is 19.3. The maximum absolute atomic E-state index is 13.2. The van der Waals surface area contributed by atoms with Crippen LogP contribution in [0.3, 0.4) is 0 Å². The topological polar surface area (TPSA) is 122 Å². The monoisotopic (exact) mass is 422 g/mol. The summed E-state index contributed by atoms with van der Waals surface area (Å²) >= 11 is 1.30. The Hall–Kier alpha value is -4.05. The number of nitrogen functional groups attached to an aromatic ring is 1. The number of aromatic nitrogens is 2. The normalized spacial score (nSPS) is 10.6. The van der Waals surface area contributed by atoms with E-state index < -0.39 is 11.8 Å². The molecule has 4 aromatic rings. The quantitative estimate of drug-likeness (QED) is 0.390. The predicted octanol–water partition coefficient (Wildman–Crippen LogP) is 4.31. The van der Waals surface area contributed by atoms with Crippen molar-refractivity contribution in [1.29, 1.82) is 0 Å². The third-order valence-electron chi connectivity index (χ3n) is 4.10. The van der Waals surface area contributed by atoms with E-state index in [4.69, 9.17) is 5.73 Å². The zero-order valence-corrected chi connectivity index (χ0v) is 16.2. The van der Waals surface area contributed by atoms with Gasteiger partial charge in [0.1, 0.15) is 22.8 Å². The van der Waals surface area contributed by atoms with Gasteiger partial charge in [-0.25, -0.2) is 19.2 Å². The lowest BCUT2D eigenvalue weighted by atomic mass is 10.2. The Labute approximate surface area is 174 Å². The molecule has 5 N–H and O–H groups in total. The van der Waals surface area contributed by atoms with Crippen LogP contribution in [0, 0.1) is 5.82 Å². The van der Waals surface area contributed by atoms with Crippen molar-refractivity contribution in [3.63, 3.8) is 0 Å². The number of rotatable bonds is 4. The van der Waals surface area contributed by atoms with E-state index in [1.807, 2.05) is 0 Å². The van der Waals surface area contributed by atoms with Gasteiger partial charge in [-0.3, -0.25) is 4.79 Å². The number of carbonyl (C=O) groups is 2. The van der Waals surface area contributed by atoms with Crippen LogP contribution in [0.5, 0.6) is 0 Å². The van der Waals surface area contributed by atoms with Crippen LogP contribution in [0.25, 0.3) is 10.2 Å². The van der Waals surface area contributed by atoms with Gasteiger partial charge in [0.2, 0.25) is 0 Å². The van der Waals surface area contributed by atoms with Crippen LogP contribution >= 0.6 is 11.3 Å². The van der Waals surface area contributed by atoms with E-state index in [9.17, 15) is 14.0 Å². The number of halogens is 1. The molecule has 0 bridgehead atoms. The van der Waals surface area contributed by atoms with Crippen molar-refractivity contribution in [3.8, 4) is 0 Å². The molecule has 4 rings (SSSR count). The minimum Gasteiger partial charge on any atom is -0.383 e. The average molecular weight is 422 g/mol. The van der Waals surface area contributed by atoms with Gasteiger partial charge in [0.05, 0.1) is 10.9 Å². The lowest BCUT2D eigenvalue weighted by Gasteiger charge is -2.10. The molecule has 0 unspecified atom stereocenters. The second kappa shape index (κ2) is 8.13. The fourth-order valence-electron chi connectivity index (χ4n) is 2.80. The first-order chi connectivity index (χ1) is 14.5. The van der Waals surface area contributed by atoms with E-state index in [0.29, 0.717) is 32.8 Å². The van der Waals surface area contributed by atoms with E-state index in [2.05, 4.69) is 25.9 Å². The van der Waals surface area contributed by atoms with Crippen LogP contribution in [0.4, 0.5) is 32.1 Å². The number of urea groups is 1. The number of thiophene rings is 1.